The van der Waals surface area contributed by atoms with Gasteiger partial charge >= 0.3 is 0 Å². The molecular formula is C25H14Cl8N2O5. The third-order valence-electron chi connectivity index (χ3n) is 7.21. The summed E-state index contributed by atoms with van der Waals surface area (Å²) in [5.74, 6) is -6.23. The first-order valence-electron chi connectivity index (χ1n) is 11.3. The van der Waals surface area contributed by atoms with E-state index in [1.807, 2.05) is 0 Å². The van der Waals surface area contributed by atoms with Crippen LogP contribution < -0.4 is 4.74 Å². The van der Waals surface area contributed by atoms with Crippen LogP contribution in [-0.2, 0) is 9.59 Å². The lowest BCUT2D eigenvalue weighted by Crippen LogP contribution is -2.56. The first-order chi connectivity index (χ1) is 18.6. The molecule has 2 aromatic carbocycles. The average Bonchev–Trinajstić information content (AvgIpc) is 3.31. The summed E-state index contributed by atoms with van der Waals surface area (Å²) in [5, 5.41) is 0.771. The van der Waals surface area contributed by atoms with Crippen LogP contribution in [0.15, 0.2) is 52.5 Å². The monoisotopic (exact) mass is 702 g/mol. The summed E-state index contributed by atoms with van der Waals surface area (Å²) in [6, 6.07) is 10.00. The third-order valence-corrected chi connectivity index (χ3v) is 12.2. The van der Waals surface area contributed by atoms with Crippen molar-refractivity contribution in [2.75, 3.05) is 13.7 Å². The molecule has 2 bridgehead atoms. The second kappa shape index (κ2) is 10.1. The van der Waals surface area contributed by atoms with Crippen LogP contribution in [0.2, 0.25) is 10.0 Å². The molecule has 1 heterocycles. The lowest BCUT2D eigenvalue weighted by Gasteiger charge is -2.36. The zero-order valence-electron chi connectivity index (χ0n) is 19.9. The van der Waals surface area contributed by atoms with Crippen LogP contribution in [0, 0.1) is 11.8 Å². The maximum atomic E-state index is 13.9. The fraction of sp³-hybridized carbons (Fsp3) is 0.280. The van der Waals surface area contributed by atoms with Crippen LogP contribution in [0.25, 0.3) is 0 Å². The number of Topliss-reactive ketones (excluding diaryl/α,β-unsaturated/α-hetero) is 1. The molecule has 0 aromatic heterocycles. The molecule has 1 saturated heterocycles. The number of rotatable bonds is 6. The molecule has 2 aliphatic carbocycles. The standard InChI is InChI=1S/C25H14Cl8N2O5/c1-40-12-4-2-3-10(7-12)15(36)9-34(20(37)11-5-6-13(26)14(27)8-11)35-21(38)16-17(22(35)39)24(31)19(29)18(28)23(16,30)25(24,32)33/h2-8,16-17H,9H2,1H3/t16-,17-,23+,24+/m0/s1. The number of fused-ring (bicyclic) bond motifs is 5. The molecule has 4 atom stereocenters. The van der Waals surface area contributed by atoms with E-state index in [0.717, 1.165) is 0 Å². The van der Waals surface area contributed by atoms with Crippen molar-refractivity contribution < 1.29 is 23.9 Å². The van der Waals surface area contributed by atoms with Gasteiger partial charge in [0.25, 0.3) is 17.7 Å². The molecule has 0 N–H and O–H groups in total. The normalized spacial score (nSPS) is 28.3. The molecule has 0 unspecified atom stereocenters. The topological polar surface area (TPSA) is 84.0 Å². The summed E-state index contributed by atoms with van der Waals surface area (Å²) >= 11 is 51.5. The number of imide groups is 1. The summed E-state index contributed by atoms with van der Waals surface area (Å²) in [4.78, 5) is 50.9. The van der Waals surface area contributed by atoms with Crippen molar-refractivity contribution in [1.82, 2.24) is 10.0 Å². The second-order valence-electron chi connectivity index (χ2n) is 9.22. The number of ether oxygens (including phenoxy) is 1. The summed E-state index contributed by atoms with van der Waals surface area (Å²) < 4.78 is 3.00. The summed E-state index contributed by atoms with van der Waals surface area (Å²) in [6.07, 6.45) is 0. The number of carbonyl (C=O) groups excluding carboxylic acids is 4. The van der Waals surface area contributed by atoms with Crippen molar-refractivity contribution in [2.24, 2.45) is 11.8 Å². The number of methoxy groups -OCH3 is 1. The Morgan fingerprint density at radius 2 is 1.43 bits per heavy atom. The van der Waals surface area contributed by atoms with Gasteiger partial charge in [-0.15, -0.1) is 23.2 Å². The Morgan fingerprint density at radius 1 is 0.850 bits per heavy atom. The first-order valence-corrected chi connectivity index (χ1v) is 14.3. The van der Waals surface area contributed by atoms with Crippen LogP contribution in [0.3, 0.4) is 0 Å². The van der Waals surface area contributed by atoms with Crippen molar-refractivity contribution in [3.8, 4) is 5.75 Å². The van der Waals surface area contributed by atoms with E-state index < -0.39 is 56.0 Å². The molecule has 1 aliphatic heterocycles. The van der Waals surface area contributed by atoms with Crippen LogP contribution in [0.4, 0.5) is 0 Å². The number of carbonyl (C=O) groups is 4. The quantitative estimate of drug-likeness (QED) is 0.190. The SMILES string of the molecule is COc1cccc(C(=O)CN(C(=O)c2ccc(Cl)c(Cl)c2)N2C(=O)[C@@H]3[C@@H](C2=O)[C@@]2(Cl)C(Cl)=C(Cl)[C@@]3(Cl)C2(Cl)Cl)c1. The minimum atomic E-state index is -2.17. The number of ketones is 1. The van der Waals surface area contributed by atoms with Gasteiger partial charge < -0.3 is 4.74 Å². The molecule has 5 rings (SSSR count). The lowest BCUT2D eigenvalue weighted by atomic mass is 9.84. The molecular weight excluding hydrogens is 692 g/mol. The Kier molecular flexibility index (Phi) is 7.58. The molecule has 0 spiro atoms. The maximum absolute atomic E-state index is 13.9. The summed E-state index contributed by atoms with van der Waals surface area (Å²) in [7, 11) is 1.42. The lowest BCUT2D eigenvalue weighted by molar-refractivity contribution is -0.154. The van der Waals surface area contributed by atoms with Gasteiger partial charge in [0.15, 0.2) is 10.1 Å². The molecule has 3 aliphatic rings. The van der Waals surface area contributed by atoms with Crippen molar-refractivity contribution in [2.45, 2.75) is 14.1 Å². The molecule has 1 saturated carbocycles. The van der Waals surface area contributed by atoms with E-state index >= 15 is 0 Å². The molecule has 210 valence electrons. The fourth-order valence-electron chi connectivity index (χ4n) is 5.25. The number of nitrogens with zero attached hydrogens (tertiary/aromatic N) is 2. The van der Waals surface area contributed by atoms with Gasteiger partial charge in [0, 0.05) is 11.1 Å². The van der Waals surface area contributed by atoms with Gasteiger partial charge in [-0.2, -0.15) is 5.01 Å². The summed E-state index contributed by atoms with van der Waals surface area (Å²) in [6.45, 7) is -0.754. The average molecular weight is 706 g/mol. The van der Waals surface area contributed by atoms with E-state index in [9.17, 15) is 19.2 Å². The molecule has 15 heteroatoms. The summed E-state index contributed by atoms with van der Waals surface area (Å²) in [5.41, 5.74) is 0.0643. The van der Waals surface area contributed by atoms with Crippen LogP contribution in [0.5, 0.6) is 5.75 Å². The highest BCUT2D eigenvalue weighted by Gasteiger charge is 2.88. The predicted octanol–water partition coefficient (Wildman–Crippen LogP) is 6.69. The number of halogens is 8. The Labute approximate surface area is 267 Å². The van der Waals surface area contributed by atoms with Crippen LogP contribution in [0.1, 0.15) is 20.7 Å². The van der Waals surface area contributed by atoms with Gasteiger partial charge in [-0.3, -0.25) is 19.2 Å². The Balaban J connectivity index is 1.60. The highest BCUT2D eigenvalue weighted by Crippen LogP contribution is 2.77. The van der Waals surface area contributed by atoms with Crippen molar-refractivity contribution in [3.63, 3.8) is 0 Å². The Hall–Kier alpha value is -1.42. The van der Waals surface area contributed by atoms with E-state index in [-0.39, 0.29) is 31.2 Å². The number of allylic oxidation sites excluding steroid dienone is 2. The number of hydrogen-bond donors (Lipinski definition) is 0. The van der Waals surface area contributed by atoms with E-state index in [1.54, 1.807) is 12.1 Å². The van der Waals surface area contributed by atoms with Crippen molar-refractivity contribution in [3.05, 3.63) is 73.7 Å². The zero-order chi connectivity index (χ0) is 29.5. The molecule has 7 nitrogen and oxygen atoms in total. The number of alkyl halides is 4. The Bertz CT molecular complexity index is 1500. The van der Waals surface area contributed by atoms with Gasteiger partial charge in [-0.05, 0) is 30.3 Å². The van der Waals surface area contributed by atoms with Crippen molar-refractivity contribution in [1.29, 1.82) is 0 Å². The first kappa shape index (κ1) is 30.1. The minimum Gasteiger partial charge on any atom is -0.497 e. The molecule has 2 fully saturated rings. The van der Waals surface area contributed by atoms with Gasteiger partial charge in [-0.25, -0.2) is 5.01 Å². The molecule has 0 radical (unpaired) electrons. The smallest absolute Gasteiger partial charge is 0.273 e. The van der Waals surface area contributed by atoms with E-state index in [1.165, 1.54) is 37.4 Å². The highest BCUT2D eigenvalue weighted by atomic mass is 35.5. The zero-order valence-corrected chi connectivity index (χ0v) is 25.9. The van der Waals surface area contributed by atoms with E-state index in [4.69, 9.17) is 97.5 Å². The van der Waals surface area contributed by atoms with Crippen LogP contribution in [-0.4, -0.2) is 61.3 Å². The third kappa shape index (κ3) is 3.86. The number of benzene rings is 2. The fourth-order valence-corrected chi connectivity index (χ4v) is 8.48. The maximum Gasteiger partial charge on any atom is 0.273 e. The van der Waals surface area contributed by atoms with E-state index in [2.05, 4.69) is 0 Å². The van der Waals surface area contributed by atoms with Crippen molar-refractivity contribution >= 4 is 116 Å². The number of amides is 3. The molecule has 2 aromatic rings. The number of hydrazine groups is 1. The van der Waals surface area contributed by atoms with Crippen LogP contribution >= 0.6 is 92.8 Å². The van der Waals surface area contributed by atoms with E-state index in [0.29, 0.717) is 15.8 Å². The Morgan fingerprint density at radius 3 is 1.95 bits per heavy atom. The number of hydrogen-bond acceptors (Lipinski definition) is 5. The van der Waals surface area contributed by atoms with Gasteiger partial charge in [0.1, 0.15) is 22.0 Å². The largest absolute Gasteiger partial charge is 0.497 e. The van der Waals surface area contributed by atoms with Gasteiger partial charge in [0.05, 0.1) is 39.1 Å². The molecule has 3 amide bonds. The highest BCUT2D eigenvalue weighted by molar-refractivity contribution is 6.66. The minimum absolute atomic E-state index is 0.0248. The predicted molar refractivity (Wildman–Crippen MR) is 154 cm³/mol. The molecule has 40 heavy (non-hydrogen) atoms. The van der Waals surface area contributed by atoms with Gasteiger partial charge in [0.2, 0.25) is 0 Å². The van der Waals surface area contributed by atoms with Gasteiger partial charge in [-0.1, -0.05) is 81.7 Å². The second-order valence-corrected chi connectivity index (χ2v) is 13.3.